The minimum Gasteiger partial charge on any atom is -0.408 e. The zero-order chi connectivity index (χ0) is 20.4. The van der Waals surface area contributed by atoms with Crippen LogP contribution in [0, 0.1) is 6.92 Å². The maximum absolute atomic E-state index is 12.6. The second-order valence-electron chi connectivity index (χ2n) is 7.28. The lowest BCUT2D eigenvalue weighted by Crippen LogP contribution is -2.50. The van der Waals surface area contributed by atoms with Crippen LogP contribution in [0.25, 0.3) is 11.1 Å². The largest absolute Gasteiger partial charge is 0.419 e. The van der Waals surface area contributed by atoms with Gasteiger partial charge in [0.2, 0.25) is 5.91 Å². The molecule has 0 saturated carbocycles. The lowest BCUT2D eigenvalue weighted by atomic mass is 10.1. The smallest absolute Gasteiger partial charge is 0.408 e. The number of carbonyl (C=O) groups is 2. The Morgan fingerprint density at radius 3 is 2.31 bits per heavy atom. The second-order valence-corrected chi connectivity index (χ2v) is 7.28. The Morgan fingerprint density at radius 2 is 1.59 bits per heavy atom. The zero-order valence-corrected chi connectivity index (χ0v) is 16.3. The van der Waals surface area contributed by atoms with Gasteiger partial charge in [0.05, 0.1) is 5.52 Å². The average molecular weight is 393 g/mol. The number of hydrogen-bond acceptors (Lipinski definition) is 4. The van der Waals surface area contributed by atoms with Crippen molar-refractivity contribution in [3.05, 3.63) is 70.2 Å². The van der Waals surface area contributed by atoms with E-state index in [9.17, 15) is 14.4 Å². The summed E-state index contributed by atoms with van der Waals surface area (Å²) in [6.45, 7) is 4.27. The fourth-order valence-corrected chi connectivity index (χ4v) is 3.63. The van der Waals surface area contributed by atoms with Crippen LogP contribution in [0.1, 0.15) is 22.3 Å². The lowest BCUT2D eigenvalue weighted by molar-refractivity contribution is -0.132. The van der Waals surface area contributed by atoms with Crippen LogP contribution in [0.3, 0.4) is 0 Å². The number of nitrogens with zero attached hydrogens (tertiary/aromatic N) is 3. The summed E-state index contributed by atoms with van der Waals surface area (Å²) in [7, 11) is 0. The first-order chi connectivity index (χ1) is 14.0. The predicted octanol–water partition coefficient (Wildman–Crippen LogP) is 2.28. The van der Waals surface area contributed by atoms with Crippen molar-refractivity contribution in [1.29, 1.82) is 0 Å². The number of carbonyl (C=O) groups excluding carboxylic acids is 2. The first-order valence-electron chi connectivity index (χ1n) is 9.75. The SMILES string of the molecule is Cc1ccc(C(=O)N2CCN(C(=O)CCn3c(=O)oc4ccccc43)CC2)cc1. The molecule has 0 aliphatic carbocycles. The molecule has 150 valence electrons. The van der Waals surface area contributed by atoms with E-state index >= 15 is 0 Å². The molecule has 7 heteroatoms. The molecule has 0 spiro atoms. The van der Waals surface area contributed by atoms with Crippen LogP contribution in [0.5, 0.6) is 0 Å². The third-order valence-corrected chi connectivity index (χ3v) is 5.34. The first-order valence-corrected chi connectivity index (χ1v) is 9.75. The summed E-state index contributed by atoms with van der Waals surface area (Å²) >= 11 is 0. The van der Waals surface area contributed by atoms with Crippen LogP contribution in [-0.2, 0) is 11.3 Å². The summed E-state index contributed by atoms with van der Waals surface area (Å²) in [6.07, 6.45) is 0.218. The number of piperazine rings is 1. The van der Waals surface area contributed by atoms with Crippen LogP contribution < -0.4 is 5.76 Å². The van der Waals surface area contributed by atoms with Gasteiger partial charge >= 0.3 is 5.76 Å². The minimum absolute atomic E-state index is 0.00600. The molecular formula is C22H23N3O4. The maximum atomic E-state index is 12.6. The van der Waals surface area contributed by atoms with E-state index in [1.54, 1.807) is 28.0 Å². The Labute approximate surface area is 168 Å². The van der Waals surface area contributed by atoms with E-state index in [1.807, 2.05) is 37.3 Å². The molecule has 1 aliphatic rings. The average Bonchev–Trinajstić information content (AvgIpc) is 3.07. The highest BCUT2D eigenvalue weighted by molar-refractivity contribution is 5.94. The molecular weight excluding hydrogens is 370 g/mol. The summed E-state index contributed by atoms with van der Waals surface area (Å²) in [5.74, 6) is -0.481. The van der Waals surface area contributed by atoms with E-state index in [-0.39, 0.29) is 24.8 Å². The van der Waals surface area contributed by atoms with Gasteiger partial charge in [0.15, 0.2) is 5.58 Å². The maximum Gasteiger partial charge on any atom is 0.419 e. The molecule has 1 aliphatic heterocycles. The third-order valence-electron chi connectivity index (χ3n) is 5.34. The van der Waals surface area contributed by atoms with Crippen molar-refractivity contribution in [2.24, 2.45) is 0 Å². The van der Waals surface area contributed by atoms with E-state index in [1.165, 1.54) is 4.57 Å². The fourth-order valence-electron chi connectivity index (χ4n) is 3.63. The van der Waals surface area contributed by atoms with Crippen LogP contribution in [0.2, 0.25) is 0 Å². The van der Waals surface area contributed by atoms with Crippen LogP contribution in [-0.4, -0.2) is 52.4 Å². The normalized spacial score (nSPS) is 14.4. The number of hydrogen-bond donors (Lipinski definition) is 0. The summed E-state index contributed by atoms with van der Waals surface area (Å²) < 4.78 is 6.70. The van der Waals surface area contributed by atoms with Crippen LogP contribution >= 0.6 is 0 Å². The van der Waals surface area contributed by atoms with E-state index in [4.69, 9.17) is 4.42 Å². The van der Waals surface area contributed by atoms with Crippen molar-refractivity contribution >= 4 is 22.9 Å². The lowest BCUT2D eigenvalue weighted by Gasteiger charge is -2.35. The van der Waals surface area contributed by atoms with Gasteiger partial charge in [-0.15, -0.1) is 0 Å². The topological polar surface area (TPSA) is 75.8 Å². The van der Waals surface area contributed by atoms with Gasteiger partial charge in [0, 0.05) is 44.7 Å². The Hall–Kier alpha value is -3.35. The third kappa shape index (κ3) is 3.94. The molecule has 2 amide bonds. The molecule has 1 fully saturated rings. The van der Waals surface area contributed by atoms with Gasteiger partial charge in [-0.25, -0.2) is 4.79 Å². The van der Waals surface area contributed by atoms with Gasteiger partial charge in [0.1, 0.15) is 0 Å². The highest BCUT2D eigenvalue weighted by Crippen LogP contribution is 2.14. The van der Waals surface area contributed by atoms with Crippen molar-refractivity contribution in [2.75, 3.05) is 26.2 Å². The minimum atomic E-state index is -0.451. The van der Waals surface area contributed by atoms with Gasteiger partial charge in [-0.1, -0.05) is 29.8 Å². The molecule has 2 aromatic carbocycles. The van der Waals surface area contributed by atoms with E-state index in [0.29, 0.717) is 42.8 Å². The number of benzene rings is 2. The summed E-state index contributed by atoms with van der Waals surface area (Å²) in [5, 5.41) is 0. The molecule has 4 rings (SSSR count). The van der Waals surface area contributed by atoms with Crippen LogP contribution in [0.4, 0.5) is 0 Å². The van der Waals surface area contributed by atoms with Gasteiger partial charge < -0.3 is 14.2 Å². The first kappa shape index (κ1) is 19.0. The number of amides is 2. The molecule has 1 aromatic heterocycles. The Balaban J connectivity index is 1.33. The fraction of sp³-hybridized carbons (Fsp3) is 0.318. The van der Waals surface area contributed by atoms with Gasteiger partial charge in [-0.2, -0.15) is 0 Å². The molecule has 0 atom stereocenters. The predicted molar refractivity (Wildman–Crippen MR) is 109 cm³/mol. The Morgan fingerprint density at radius 1 is 0.931 bits per heavy atom. The highest BCUT2D eigenvalue weighted by Gasteiger charge is 2.25. The van der Waals surface area contributed by atoms with E-state index in [0.717, 1.165) is 5.56 Å². The summed E-state index contributed by atoms with van der Waals surface area (Å²) in [5.41, 5.74) is 3.00. The van der Waals surface area contributed by atoms with Gasteiger partial charge in [0.25, 0.3) is 5.91 Å². The molecule has 29 heavy (non-hydrogen) atoms. The molecule has 0 bridgehead atoms. The zero-order valence-electron chi connectivity index (χ0n) is 16.3. The number of aryl methyl sites for hydroxylation is 2. The van der Waals surface area contributed by atoms with Crippen molar-refractivity contribution in [1.82, 2.24) is 14.4 Å². The molecule has 0 radical (unpaired) electrons. The van der Waals surface area contributed by atoms with Crippen molar-refractivity contribution in [3.63, 3.8) is 0 Å². The molecule has 0 unspecified atom stereocenters. The quantitative estimate of drug-likeness (QED) is 0.682. The number of para-hydroxylation sites is 2. The highest BCUT2D eigenvalue weighted by atomic mass is 16.4. The number of rotatable bonds is 4. The van der Waals surface area contributed by atoms with Crippen molar-refractivity contribution < 1.29 is 14.0 Å². The number of fused-ring (bicyclic) bond motifs is 1. The van der Waals surface area contributed by atoms with Crippen molar-refractivity contribution in [2.45, 2.75) is 19.9 Å². The molecule has 2 heterocycles. The summed E-state index contributed by atoms with van der Waals surface area (Å²) in [6, 6.07) is 14.7. The van der Waals surface area contributed by atoms with Gasteiger partial charge in [-0.05, 0) is 31.2 Å². The molecule has 0 N–H and O–H groups in total. The van der Waals surface area contributed by atoms with Gasteiger partial charge in [-0.3, -0.25) is 14.2 Å². The number of oxazole rings is 1. The summed E-state index contributed by atoms with van der Waals surface area (Å²) in [4.78, 5) is 40.8. The molecule has 1 saturated heterocycles. The van der Waals surface area contributed by atoms with Crippen LogP contribution in [0.15, 0.2) is 57.7 Å². The Kier molecular flexibility index (Phi) is 5.20. The molecule has 7 nitrogen and oxygen atoms in total. The number of aromatic nitrogens is 1. The van der Waals surface area contributed by atoms with Crippen molar-refractivity contribution in [3.8, 4) is 0 Å². The monoisotopic (exact) mass is 393 g/mol. The standard InChI is InChI=1S/C22H23N3O4/c1-16-6-8-17(9-7-16)21(27)24-14-12-23(13-15-24)20(26)10-11-25-18-4-2-3-5-19(18)29-22(25)28/h2-9H,10-15H2,1H3. The van der Waals surface area contributed by atoms with E-state index in [2.05, 4.69) is 0 Å². The Bertz CT molecular complexity index is 1090. The molecule has 3 aromatic rings. The van der Waals surface area contributed by atoms with E-state index < -0.39 is 5.76 Å². The second kappa shape index (κ2) is 7.95.